The molecule has 0 N–H and O–H groups in total. The van der Waals surface area contributed by atoms with Crippen LogP contribution in [0.3, 0.4) is 0 Å². The molecular formula is C44H38Cl2FeN3Si2. The van der Waals surface area contributed by atoms with E-state index in [2.05, 4.69) is 208 Å². The molecule has 0 aliphatic heterocycles. The Kier molecular flexibility index (Phi) is 12.7. The zero-order valence-corrected chi connectivity index (χ0v) is 33.5. The van der Waals surface area contributed by atoms with Crippen molar-refractivity contribution in [3.63, 3.8) is 0 Å². The van der Waals surface area contributed by atoms with Crippen molar-refractivity contribution in [3.05, 3.63) is 206 Å². The van der Waals surface area contributed by atoms with Gasteiger partial charge in [0, 0.05) is 11.4 Å². The molecule has 8 heteroatoms. The van der Waals surface area contributed by atoms with E-state index in [9.17, 15) is 0 Å². The van der Waals surface area contributed by atoms with Crippen LogP contribution in [0, 0.1) is 0 Å². The normalized spacial score (nSPS) is 12.2. The van der Waals surface area contributed by atoms with E-state index < -0.39 is 16.5 Å². The van der Waals surface area contributed by atoms with Gasteiger partial charge in [-0.2, -0.15) is 0 Å². The third-order valence-electron chi connectivity index (χ3n) is 9.20. The molecule has 259 valence electrons. The summed E-state index contributed by atoms with van der Waals surface area (Å²) >= 11 is 0.194. The molecule has 0 saturated carbocycles. The van der Waals surface area contributed by atoms with Crippen LogP contribution in [0.15, 0.2) is 203 Å². The van der Waals surface area contributed by atoms with E-state index in [1.807, 2.05) is 0 Å². The quantitative estimate of drug-likeness (QED) is 0.0839. The van der Waals surface area contributed by atoms with Gasteiger partial charge in [-0.15, -0.1) is 11.4 Å². The second-order valence-electron chi connectivity index (χ2n) is 12.3. The molecule has 0 unspecified atom stereocenters. The predicted molar refractivity (Wildman–Crippen MR) is 224 cm³/mol. The van der Waals surface area contributed by atoms with Crippen LogP contribution in [0.4, 0.5) is 0 Å². The first-order chi connectivity index (χ1) is 25.5. The van der Waals surface area contributed by atoms with Crippen LogP contribution in [0.25, 0.3) is 0 Å². The summed E-state index contributed by atoms with van der Waals surface area (Å²) in [5.74, 6) is 0. The number of aromatic nitrogens is 1. The van der Waals surface area contributed by atoms with E-state index in [0.29, 0.717) is 0 Å². The van der Waals surface area contributed by atoms with Gasteiger partial charge < -0.3 is 14.3 Å². The first-order valence-electron chi connectivity index (χ1n) is 17.0. The second kappa shape index (κ2) is 17.8. The third-order valence-corrected chi connectivity index (χ3v) is 17.6. The molecule has 0 fully saturated rings. The van der Waals surface area contributed by atoms with E-state index in [-0.39, 0.29) is 13.1 Å². The molecule has 0 aliphatic carbocycles. The van der Waals surface area contributed by atoms with Crippen molar-refractivity contribution in [3.8, 4) is 0 Å². The minimum atomic E-state index is -2.83. The Morgan fingerprint density at radius 2 is 0.577 bits per heavy atom. The van der Waals surface area contributed by atoms with Crippen molar-refractivity contribution < 1.29 is 13.1 Å². The molecule has 0 spiro atoms. The summed E-state index contributed by atoms with van der Waals surface area (Å²) in [5, 5.41) is 7.42. The number of rotatable bonds is 10. The molecule has 0 radical (unpaired) electrons. The summed E-state index contributed by atoms with van der Waals surface area (Å²) < 4.78 is 11.5. The molecule has 1 heterocycles. The number of benzene rings is 6. The number of hydrogen-bond donors (Lipinski definition) is 0. The molecule has 7 rings (SSSR count). The fraction of sp³-hybridized carbons (Fsp3) is 0.0455. The average molecular weight is 792 g/mol. The summed E-state index contributed by atoms with van der Waals surface area (Å²) in [6, 6.07) is 68.8. The van der Waals surface area contributed by atoms with Gasteiger partial charge in [-0.3, -0.25) is 0 Å². The Labute approximate surface area is 324 Å². The third kappa shape index (κ3) is 7.93. The molecule has 0 atom stereocenters. The van der Waals surface area contributed by atoms with Crippen molar-refractivity contribution in [2.75, 3.05) is 0 Å². The van der Waals surface area contributed by atoms with Crippen LogP contribution >= 0.6 is 20.2 Å². The summed E-state index contributed by atoms with van der Waals surface area (Å²) in [6.45, 7) is 4.21. The molecule has 0 bridgehead atoms. The van der Waals surface area contributed by atoms with Crippen LogP contribution in [0.5, 0.6) is 0 Å². The van der Waals surface area contributed by atoms with Crippen molar-refractivity contribution in [2.45, 2.75) is 13.8 Å². The monoisotopic (exact) mass is 790 g/mol. The van der Waals surface area contributed by atoms with Gasteiger partial charge >= 0.3 is 33.3 Å². The first kappa shape index (κ1) is 37.2. The van der Waals surface area contributed by atoms with E-state index in [0.717, 1.165) is 22.8 Å². The van der Waals surface area contributed by atoms with Crippen LogP contribution in [0.2, 0.25) is 0 Å². The molecule has 0 saturated heterocycles. The van der Waals surface area contributed by atoms with E-state index in [4.69, 9.17) is 34.5 Å². The van der Waals surface area contributed by atoms with E-state index in [1.165, 1.54) is 31.1 Å². The number of nitrogens with zero attached hydrogens (tertiary/aromatic N) is 3. The van der Waals surface area contributed by atoms with E-state index >= 15 is 0 Å². The van der Waals surface area contributed by atoms with Crippen molar-refractivity contribution >= 4 is 79.2 Å². The van der Waals surface area contributed by atoms with Crippen molar-refractivity contribution in [1.82, 2.24) is 4.98 Å². The molecule has 1 aromatic heterocycles. The van der Waals surface area contributed by atoms with Crippen LogP contribution in [-0.2, 0) is 13.1 Å². The minimum absolute atomic E-state index is 0.194. The van der Waals surface area contributed by atoms with Gasteiger partial charge in [0.05, 0.1) is 0 Å². The summed E-state index contributed by atoms with van der Waals surface area (Å²) in [4.78, 5) is 5.22. The standard InChI is InChI=1S/C44H38N3Si2.2ClH.Fe/c1-35(46-48(37-21-9-3-10-22-37,38-23-11-4-12-24-38)39-25-13-5-14-26-39)43-33-34-44(45-43)36(2)47-49(40-27-15-6-16-28-40,41-29-17-7-18-30-41)42-31-19-8-20-32-42;;;/h3-34H,1-2H3;2*1H;/q-1;;;+3/p-2/b46-35+,47-36+;;;. The predicted octanol–water partition coefficient (Wildman–Crippen LogP) is 6.97. The number of halogens is 2. The first-order valence-corrected chi connectivity index (χ1v) is 23.9. The SMILES string of the molecule is C/C(=N\[Si](c1ccccc1)(c1ccccc1)c1ccccc1)c1ccc(/C(C)=N/[Si](c2ccccc2)(c2ccccc2)c2ccccc2)[n-]1.[Cl][Fe+][Cl]. The fourth-order valence-electron chi connectivity index (χ4n) is 6.85. The molecule has 0 aliphatic rings. The second-order valence-corrected chi connectivity index (χ2v) is 20.9. The molecule has 0 amide bonds. The fourth-order valence-corrected chi connectivity index (χ4v) is 14.9. The Morgan fingerprint density at radius 1 is 0.385 bits per heavy atom. The molecule has 52 heavy (non-hydrogen) atoms. The number of hydrogen-bond acceptors (Lipinski definition) is 2. The maximum atomic E-state index is 5.74. The van der Waals surface area contributed by atoms with Gasteiger partial charge in [-0.1, -0.05) is 194 Å². The van der Waals surface area contributed by atoms with Gasteiger partial charge in [0.25, 0.3) is 16.5 Å². The molecule has 3 nitrogen and oxygen atoms in total. The van der Waals surface area contributed by atoms with Crippen molar-refractivity contribution in [1.29, 1.82) is 0 Å². The summed E-state index contributed by atoms with van der Waals surface area (Å²) in [6.07, 6.45) is 0. The van der Waals surface area contributed by atoms with Gasteiger partial charge in [0.2, 0.25) is 0 Å². The summed E-state index contributed by atoms with van der Waals surface area (Å²) in [7, 11) is 3.86. The van der Waals surface area contributed by atoms with Gasteiger partial charge in [-0.25, -0.2) is 0 Å². The Balaban J connectivity index is 0.00000150. The molecule has 7 aromatic rings. The van der Waals surface area contributed by atoms with Crippen molar-refractivity contribution in [2.24, 2.45) is 9.32 Å². The molecular weight excluding hydrogens is 753 g/mol. The van der Waals surface area contributed by atoms with Crippen LogP contribution < -0.4 is 36.1 Å². The zero-order chi connectivity index (χ0) is 36.2. The summed E-state index contributed by atoms with van der Waals surface area (Å²) in [5.41, 5.74) is 3.58. The Hall–Kier alpha value is -4.53. The van der Waals surface area contributed by atoms with Crippen LogP contribution in [0.1, 0.15) is 25.2 Å². The zero-order valence-electron chi connectivity index (χ0n) is 28.9. The topological polar surface area (TPSA) is 38.8 Å². The van der Waals surface area contributed by atoms with Gasteiger partial charge in [0.1, 0.15) is 0 Å². The maximum absolute atomic E-state index is 5.74. The Morgan fingerprint density at radius 3 is 0.769 bits per heavy atom. The van der Waals surface area contributed by atoms with Gasteiger partial charge in [-0.05, 0) is 45.0 Å². The molecule has 6 aromatic carbocycles. The van der Waals surface area contributed by atoms with E-state index in [1.54, 1.807) is 0 Å². The van der Waals surface area contributed by atoms with Gasteiger partial charge in [0.15, 0.2) is 0 Å². The van der Waals surface area contributed by atoms with Crippen LogP contribution in [-0.4, -0.2) is 27.9 Å². The average Bonchev–Trinajstić information content (AvgIpc) is 3.73. The Bertz CT molecular complexity index is 1850.